The second-order valence-electron chi connectivity index (χ2n) is 7.10. The summed E-state index contributed by atoms with van der Waals surface area (Å²) in [6.07, 6.45) is 4.50. The lowest BCUT2D eigenvalue weighted by Gasteiger charge is -2.41. The Labute approximate surface area is 143 Å². The van der Waals surface area contributed by atoms with Crippen LogP contribution in [0.4, 0.5) is 5.69 Å². The number of hydrogen-bond donors (Lipinski definition) is 3. The molecule has 1 aliphatic rings. The zero-order valence-corrected chi connectivity index (χ0v) is 14.6. The normalized spacial score (nSPS) is 15.7. The molecule has 5 heteroatoms. The third-order valence-corrected chi connectivity index (χ3v) is 4.62. The van der Waals surface area contributed by atoms with Gasteiger partial charge in [-0.2, -0.15) is 0 Å². The molecule has 1 fully saturated rings. The summed E-state index contributed by atoms with van der Waals surface area (Å²) < 4.78 is 0. The molecule has 0 unspecified atom stereocenters. The number of amides is 2. The van der Waals surface area contributed by atoms with Crippen LogP contribution in [0.25, 0.3) is 0 Å². The van der Waals surface area contributed by atoms with Crippen molar-refractivity contribution in [2.24, 2.45) is 11.3 Å². The predicted octanol–water partition coefficient (Wildman–Crippen LogP) is 2.95. The van der Waals surface area contributed by atoms with Gasteiger partial charge in [-0.3, -0.25) is 9.59 Å². The molecule has 1 aromatic carbocycles. The SMILES string of the molecule is CC(C)CC1(C(=O)Nc2ccc(C(=O)NCCCO)cc2)CCC1. The van der Waals surface area contributed by atoms with Crippen molar-refractivity contribution in [1.82, 2.24) is 5.32 Å². The second kappa shape index (κ2) is 8.29. The van der Waals surface area contributed by atoms with Gasteiger partial charge in [0.25, 0.3) is 5.91 Å². The molecule has 24 heavy (non-hydrogen) atoms. The van der Waals surface area contributed by atoms with Crippen molar-refractivity contribution in [3.8, 4) is 0 Å². The van der Waals surface area contributed by atoms with Crippen molar-refractivity contribution in [2.75, 3.05) is 18.5 Å². The first kappa shape index (κ1) is 18.5. The van der Waals surface area contributed by atoms with Crippen LogP contribution < -0.4 is 10.6 Å². The monoisotopic (exact) mass is 332 g/mol. The van der Waals surface area contributed by atoms with E-state index in [1.54, 1.807) is 24.3 Å². The quantitative estimate of drug-likeness (QED) is 0.640. The Kier molecular flexibility index (Phi) is 6.37. The molecule has 0 radical (unpaired) electrons. The standard InChI is InChI=1S/C19H28N2O3/c1-14(2)13-19(9-3-10-19)18(24)21-16-7-5-15(6-8-16)17(23)20-11-4-12-22/h5-8,14,22H,3-4,9-13H2,1-2H3,(H,20,23)(H,21,24). The molecule has 0 bridgehead atoms. The minimum Gasteiger partial charge on any atom is -0.396 e. The summed E-state index contributed by atoms with van der Waals surface area (Å²) in [7, 11) is 0. The third-order valence-electron chi connectivity index (χ3n) is 4.62. The van der Waals surface area contributed by atoms with Gasteiger partial charge in [0.1, 0.15) is 0 Å². The van der Waals surface area contributed by atoms with Crippen LogP contribution in [0.2, 0.25) is 0 Å². The second-order valence-corrected chi connectivity index (χ2v) is 7.10. The minimum absolute atomic E-state index is 0.0589. The van der Waals surface area contributed by atoms with Gasteiger partial charge in [0, 0.05) is 29.8 Å². The van der Waals surface area contributed by atoms with Crippen LogP contribution >= 0.6 is 0 Å². The van der Waals surface area contributed by atoms with E-state index in [4.69, 9.17) is 5.11 Å². The molecule has 3 N–H and O–H groups in total. The number of nitrogens with one attached hydrogen (secondary N) is 2. The Morgan fingerprint density at radius 3 is 2.38 bits per heavy atom. The molecular formula is C19H28N2O3. The van der Waals surface area contributed by atoms with E-state index in [1.165, 1.54) is 0 Å². The molecule has 0 saturated heterocycles. The largest absolute Gasteiger partial charge is 0.396 e. The van der Waals surface area contributed by atoms with Crippen molar-refractivity contribution in [1.29, 1.82) is 0 Å². The van der Waals surface area contributed by atoms with E-state index >= 15 is 0 Å². The molecule has 0 aliphatic heterocycles. The van der Waals surface area contributed by atoms with Crippen molar-refractivity contribution in [2.45, 2.75) is 46.0 Å². The first-order valence-electron chi connectivity index (χ1n) is 8.77. The van der Waals surface area contributed by atoms with Crippen LogP contribution in [-0.2, 0) is 4.79 Å². The molecule has 0 spiro atoms. The molecule has 0 heterocycles. The maximum Gasteiger partial charge on any atom is 0.251 e. The van der Waals surface area contributed by atoms with Crippen LogP contribution in [0.5, 0.6) is 0 Å². The zero-order chi connectivity index (χ0) is 17.6. The van der Waals surface area contributed by atoms with Crippen molar-refractivity contribution < 1.29 is 14.7 Å². The van der Waals surface area contributed by atoms with Gasteiger partial charge in [-0.05, 0) is 55.9 Å². The summed E-state index contributed by atoms with van der Waals surface area (Å²) in [6, 6.07) is 6.95. The zero-order valence-electron chi connectivity index (χ0n) is 14.6. The highest BCUT2D eigenvalue weighted by Gasteiger charge is 2.44. The van der Waals surface area contributed by atoms with Gasteiger partial charge in [0.15, 0.2) is 0 Å². The van der Waals surface area contributed by atoms with Crippen LogP contribution in [0.15, 0.2) is 24.3 Å². The molecule has 0 atom stereocenters. The average molecular weight is 332 g/mol. The van der Waals surface area contributed by atoms with E-state index in [-0.39, 0.29) is 23.8 Å². The molecule has 132 valence electrons. The molecule has 1 saturated carbocycles. The molecule has 0 aromatic heterocycles. The fraction of sp³-hybridized carbons (Fsp3) is 0.579. The number of aliphatic hydroxyl groups is 1. The highest BCUT2D eigenvalue weighted by Crippen LogP contribution is 2.46. The summed E-state index contributed by atoms with van der Waals surface area (Å²) in [5, 5.41) is 14.5. The van der Waals surface area contributed by atoms with E-state index in [2.05, 4.69) is 24.5 Å². The number of hydrogen-bond acceptors (Lipinski definition) is 3. The lowest BCUT2D eigenvalue weighted by Crippen LogP contribution is -2.42. The fourth-order valence-corrected chi connectivity index (χ4v) is 3.26. The number of aliphatic hydroxyl groups excluding tert-OH is 1. The van der Waals surface area contributed by atoms with Crippen molar-refractivity contribution in [3.63, 3.8) is 0 Å². The summed E-state index contributed by atoms with van der Waals surface area (Å²) in [4.78, 5) is 24.5. The van der Waals surface area contributed by atoms with Gasteiger partial charge >= 0.3 is 0 Å². The molecule has 1 aromatic rings. The van der Waals surface area contributed by atoms with Crippen LogP contribution in [0, 0.1) is 11.3 Å². The van der Waals surface area contributed by atoms with Gasteiger partial charge in [-0.15, -0.1) is 0 Å². The molecule has 2 rings (SSSR count). The molecular weight excluding hydrogens is 304 g/mol. The number of anilines is 1. The Balaban J connectivity index is 1.93. The van der Waals surface area contributed by atoms with E-state index in [0.717, 1.165) is 31.4 Å². The molecule has 2 amide bonds. The Bertz CT molecular complexity index is 562. The molecule has 1 aliphatic carbocycles. The maximum absolute atomic E-state index is 12.6. The van der Waals surface area contributed by atoms with Gasteiger partial charge in [-0.1, -0.05) is 20.3 Å². The maximum atomic E-state index is 12.6. The van der Waals surface area contributed by atoms with Gasteiger partial charge in [0.05, 0.1) is 0 Å². The van der Waals surface area contributed by atoms with Gasteiger partial charge < -0.3 is 15.7 Å². The average Bonchev–Trinajstić information content (AvgIpc) is 2.51. The topological polar surface area (TPSA) is 78.4 Å². The smallest absolute Gasteiger partial charge is 0.251 e. The first-order valence-corrected chi connectivity index (χ1v) is 8.77. The minimum atomic E-state index is -0.214. The van der Waals surface area contributed by atoms with Gasteiger partial charge in [-0.25, -0.2) is 0 Å². The predicted molar refractivity (Wildman–Crippen MR) is 94.8 cm³/mol. The summed E-state index contributed by atoms with van der Waals surface area (Å²) in [5.74, 6) is 0.431. The highest BCUT2D eigenvalue weighted by atomic mass is 16.3. The van der Waals surface area contributed by atoms with Gasteiger partial charge in [0.2, 0.25) is 5.91 Å². The Morgan fingerprint density at radius 1 is 1.21 bits per heavy atom. The Hall–Kier alpha value is -1.88. The fourth-order valence-electron chi connectivity index (χ4n) is 3.26. The number of rotatable bonds is 8. The number of carbonyl (C=O) groups is 2. The van der Waals surface area contributed by atoms with Crippen LogP contribution in [0.3, 0.4) is 0 Å². The highest BCUT2D eigenvalue weighted by molar-refractivity contribution is 5.97. The summed E-state index contributed by atoms with van der Waals surface area (Å²) in [5.41, 5.74) is 1.06. The molecule has 5 nitrogen and oxygen atoms in total. The van der Waals surface area contributed by atoms with E-state index in [0.29, 0.717) is 24.4 Å². The van der Waals surface area contributed by atoms with Crippen molar-refractivity contribution >= 4 is 17.5 Å². The van der Waals surface area contributed by atoms with E-state index in [9.17, 15) is 9.59 Å². The summed E-state index contributed by atoms with van der Waals surface area (Å²) in [6.45, 7) is 4.81. The van der Waals surface area contributed by atoms with E-state index < -0.39 is 0 Å². The lowest BCUT2D eigenvalue weighted by molar-refractivity contribution is -0.131. The third kappa shape index (κ3) is 4.57. The number of carbonyl (C=O) groups excluding carboxylic acids is 2. The Morgan fingerprint density at radius 2 is 1.88 bits per heavy atom. The van der Waals surface area contributed by atoms with E-state index in [1.807, 2.05) is 0 Å². The lowest BCUT2D eigenvalue weighted by atomic mass is 9.64. The summed E-state index contributed by atoms with van der Waals surface area (Å²) >= 11 is 0. The van der Waals surface area contributed by atoms with Crippen molar-refractivity contribution in [3.05, 3.63) is 29.8 Å². The number of benzene rings is 1. The van der Waals surface area contributed by atoms with Crippen LogP contribution in [0.1, 0.15) is 56.3 Å². The first-order chi connectivity index (χ1) is 11.5. The van der Waals surface area contributed by atoms with Crippen LogP contribution in [-0.4, -0.2) is 30.1 Å².